The fraction of sp³-hybridized carbons (Fsp3) is 0.474. The molecule has 1 rings (SSSR count). The number of esters is 2. The van der Waals surface area contributed by atoms with Crippen molar-refractivity contribution in [2.45, 2.75) is 54.4 Å². The van der Waals surface area contributed by atoms with E-state index in [0.29, 0.717) is 12.8 Å². The lowest BCUT2D eigenvalue weighted by Gasteiger charge is -2.24. The molecule has 1 aliphatic carbocycles. The highest BCUT2D eigenvalue weighted by atomic mass is 16.5. The second kappa shape index (κ2) is 8.55. The predicted octanol–water partition coefficient (Wildman–Crippen LogP) is 3.18. The number of carbonyl (C=O) groups excluding carboxylic acids is 4. The SMILES string of the molecule is CC(=O)OC1=C(C)C(=O)C(OC(C)=O)=C([C@H](C)CCC=C(C)C)C1=O. The molecule has 0 amide bonds. The summed E-state index contributed by atoms with van der Waals surface area (Å²) in [6, 6.07) is 0. The molecule has 0 N–H and O–H groups in total. The Hall–Kier alpha value is -2.50. The molecule has 0 heterocycles. The number of allylic oxidation sites excluding steroid dienone is 4. The molecule has 136 valence electrons. The standard InChI is InChI=1S/C19H24O6/c1-10(2)8-7-9-11(3)15-17(23)18(24-13(5)20)12(4)16(22)19(15)25-14(6)21/h8,11H,7,9H2,1-6H3/t11-/m1/s1. The Morgan fingerprint density at radius 1 is 0.960 bits per heavy atom. The Morgan fingerprint density at radius 3 is 1.96 bits per heavy atom. The lowest BCUT2D eigenvalue weighted by atomic mass is 9.84. The van der Waals surface area contributed by atoms with Crippen molar-refractivity contribution < 1.29 is 28.7 Å². The molecule has 0 bridgehead atoms. The Balaban J connectivity index is 3.31. The van der Waals surface area contributed by atoms with E-state index in [9.17, 15) is 19.2 Å². The lowest BCUT2D eigenvalue weighted by molar-refractivity contribution is -0.142. The molecule has 0 aromatic heterocycles. The molecule has 1 aliphatic rings. The van der Waals surface area contributed by atoms with Crippen LogP contribution < -0.4 is 0 Å². The molecule has 0 unspecified atom stereocenters. The van der Waals surface area contributed by atoms with Gasteiger partial charge >= 0.3 is 11.9 Å². The maximum absolute atomic E-state index is 12.8. The highest BCUT2D eigenvalue weighted by Gasteiger charge is 2.38. The van der Waals surface area contributed by atoms with Gasteiger partial charge in [0, 0.05) is 19.4 Å². The van der Waals surface area contributed by atoms with Gasteiger partial charge < -0.3 is 9.47 Å². The van der Waals surface area contributed by atoms with Crippen LogP contribution in [0.4, 0.5) is 0 Å². The first-order valence-corrected chi connectivity index (χ1v) is 8.10. The molecule has 0 aromatic carbocycles. The van der Waals surface area contributed by atoms with Gasteiger partial charge in [-0.15, -0.1) is 0 Å². The third-order valence-corrected chi connectivity index (χ3v) is 3.72. The van der Waals surface area contributed by atoms with Gasteiger partial charge in [-0.05, 0) is 39.5 Å². The highest BCUT2D eigenvalue weighted by Crippen LogP contribution is 2.32. The first-order chi connectivity index (χ1) is 11.6. The second-order valence-electron chi connectivity index (χ2n) is 6.30. The molecule has 0 saturated carbocycles. The largest absolute Gasteiger partial charge is 0.422 e. The molecule has 0 fully saturated rings. The van der Waals surface area contributed by atoms with Crippen molar-refractivity contribution in [3.8, 4) is 0 Å². The van der Waals surface area contributed by atoms with Gasteiger partial charge in [0.25, 0.3) is 0 Å². The normalized spacial score (nSPS) is 15.9. The number of ether oxygens (including phenoxy) is 2. The minimum Gasteiger partial charge on any atom is -0.422 e. The van der Waals surface area contributed by atoms with Crippen molar-refractivity contribution in [2.75, 3.05) is 0 Å². The van der Waals surface area contributed by atoms with Crippen LogP contribution in [0.1, 0.15) is 54.4 Å². The summed E-state index contributed by atoms with van der Waals surface area (Å²) in [6.45, 7) is 9.39. The Morgan fingerprint density at radius 2 is 1.48 bits per heavy atom. The summed E-state index contributed by atoms with van der Waals surface area (Å²) < 4.78 is 9.99. The van der Waals surface area contributed by atoms with E-state index in [1.807, 2.05) is 19.9 Å². The monoisotopic (exact) mass is 348 g/mol. The van der Waals surface area contributed by atoms with E-state index in [1.54, 1.807) is 6.92 Å². The molecule has 0 aliphatic heterocycles. The van der Waals surface area contributed by atoms with Crippen molar-refractivity contribution in [1.82, 2.24) is 0 Å². The molecule has 0 aromatic rings. The third-order valence-electron chi connectivity index (χ3n) is 3.72. The molecule has 0 saturated heterocycles. The minimum atomic E-state index is -0.692. The van der Waals surface area contributed by atoms with Crippen molar-refractivity contribution in [1.29, 1.82) is 0 Å². The zero-order valence-corrected chi connectivity index (χ0v) is 15.5. The van der Waals surface area contributed by atoms with E-state index in [-0.39, 0.29) is 28.6 Å². The summed E-state index contributed by atoms with van der Waals surface area (Å²) in [5, 5.41) is 0. The molecule has 0 spiro atoms. The van der Waals surface area contributed by atoms with Crippen LogP contribution in [0.2, 0.25) is 0 Å². The number of rotatable bonds is 6. The number of ketones is 2. The Kier molecular flexibility index (Phi) is 7.03. The van der Waals surface area contributed by atoms with Gasteiger partial charge in [0.05, 0.1) is 5.57 Å². The van der Waals surface area contributed by atoms with Crippen LogP contribution in [-0.4, -0.2) is 23.5 Å². The van der Waals surface area contributed by atoms with Gasteiger partial charge in [0.1, 0.15) is 0 Å². The number of hydrogen-bond donors (Lipinski definition) is 0. The van der Waals surface area contributed by atoms with E-state index < -0.39 is 23.5 Å². The first kappa shape index (κ1) is 20.5. The first-order valence-electron chi connectivity index (χ1n) is 8.10. The fourth-order valence-corrected chi connectivity index (χ4v) is 2.52. The molecule has 1 atom stereocenters. The van der Waals surface area contributed by atoms with Crippen molar-refractivity contribution in [3.63, 3.8) is 0 Å². The van der Waals surface area contributed by atoms with E-state index in [2.05, 4.69) is 0 Å². The van der Waals surface area contributed by atoms with Gasteiger partial charge in [0.2, 0.25) is 11.6 Å². The van der Waals surface area contributed by atoms with E-state index in [0.717, 1.165) is 19.4 Å². The summed E-state index contributed by atoms with van der Waals surface area (Å²) in [6.07, 6.45) is 3.30. The van der Waals surface area contributed by atoms with Crippen LogP contribution in [0.3, 0.4) is 0 Å². The zero-order chi connectivity index (χ0) is 19.3. The van der Waals surface area contributed by atoms with E-state index in [4.69, 9.17) is 9.47 Å². The summed E-state index contributed by atoms with van der Waals surface area (Å²) in [7, 11) is 0. The minimum absolute atomic E-state index is 0.0447. The predicted molar refractivity (Wildman–Crippen MR) is 91.1 cm³/mol. The topological polar surface area (TPSA) is 86.7 Å². The fourth-order valence-electron chi connectivity index (χ4n) is 2.52. The average molecular weight is 348 g/mol. The van der Waals surface area contributed by atoms with Gasteiger partial charge in [-0.2, -0.15) is 0 Å². The van der Waals surface area contributed by atoms with Crippen molar-refractivity contribution >= 4 is 23.5 Å². The number of Topliss-reactive ketones (excluding diaryl/α,β-unsaturated/α-hetero) is 2. The van der Waals surface area contributed by atoms with E-state index >= 15 is 0 Å². The molecular formula is C19H24O6. The maximum atomic E-state index is 12.8. The second-order valence-corrected chi connectivity index (χ2v) is 6.30. The zero-order valence-electron chi connectivity index (χ0n) is 15.5. The van der Waals surface area contributed by atoms with Crippen LogP contribution in [-0.2, 0) is 28.7 Å². The molecule has 25 heavy (non-hydrogen) atoms. The quantitative estimate of drug-likeness (QED) is 0.416. The van der Waals surface area contributed by atoms with Crippen molar-refractivity contribution in [2.24, 2.45) is 5.92 Å². The van der Waals surface area contributed by atoms with Crippen LogP contribution in [0.5, 0.6) is 0 Å². The maximum Gasteiger partial charge on any atom is 0.308 e. The number of hydrogen-bond acceptors (Lipinski definition) is 6. The van der Waals surface area contributed by atoms with Crippen molar-refractivity contribution in [3.05, 3.63) is 34.3 Å². The molecule has 0 radical (unpaired) electrons. The van der Waals surface area contributed by atoms with E-state index in [1.165, 1.54) is 6.92 Å². The lowest BCUT2D eigenvalue weighted by Crippen LogP contribution is -2.30. The smallest absolute Gasteiger partial charge is 0.308 e. The number of carbonyl (C=O) groups is 4. The average Bonchev–Trinajstić information content (AvgIpc) is 2.48. The Bertz CT molecular complexity index is 701. The van der Waals surface area contributed by atoms with Gasteiger partial charge in [-0.1, -0.05) is 18.6 Å². The van der Waals surface area contributed by atoms with Crippen LogP contribution in [0.15, 0.2) is 34.3 Å². The molecular weight excluding hydrogens is 324 g/mol. The summed E-state index contributed by atoms with van der Waals surface area (Å²) in [5.41, 5.74) is 1.17. The van der Waals surface area contributed by atoms with Crippen LogP contribution in [0, 0.1) is 5.92 Å². The van der Waals surface area contributed by atoms with Gasteiger partial charge in [-0.3, -0.25) is 19.2 Å². The third kappa shape index (κ3) is 5.24. The van der Waals surface area contributed by atoms with Gasteiger partial charge in [-0.25, -0.2) is 0 Å². The Labute approximate surface area is 147 Å². The van der Waals surface area contributed by atoms with Crippen LogP contribution >= 0.6 is 0 Å². The van der Waals surface area contributed by atoms with Gasteiger partial charge in [0.15, 0.2) is 11.5 Å². The summed E-state index contributed by atoms with van der Waals surface area (Å²) >= 11 is 0. The molecule has 6 nitrogen and oxygen atoms in total. The molecule has 6 heteroatoms. The summed E-state index contributed by atoms with van der Waals surface area (Å²) in [4.78, 5) is 48.0. The van der Waals surface area contributed by atoms with Crippen LogP contribution in [0.25, 0.3) is 0 Å². The highest BCUT2D eigenvalue weighted by molar-refractivity contribution is 6.24. The summed E-state index contributed by atoms with van der Waals surface area (Å²) in [5.74, 6) is -3.49.